The number of benzene rings is 2. The van der Waals surface area contributed by atoms with Crippen LogP contribution in [0, 0.1) is 0 Å². The van der Waals surface area contributed by atoms with Crippen molar-refractivity contribution in [3.8, 4) is 11.5 Å². The van der Waals surface area contributed by atoms with E-state index in [2.05, 4.69) is 11.4 Å². The Morgan fingerprint density at radius 2 is 1.79 bits per heavy atom. The fourth-order valence-corrected chi connectivity index (χ4v) is 3.71. The first-order valence-electron chi connectivity index (χ1n) is 9.72. The Morgan fingerprint density at radius 3 is 2.50 bits per heavy atom. The Hall–Kier alpha value is -2.82. The second-order valence-corrected chi connectivity index (χ2v) is 7.08. The number of fused-ring (bicyclic) bond motifs is 1. The van der Waals surface area contributed by atoms with E-state index in [0.717, 1.165) is 30.3 Å². The molecule has 0 spiro atoms. The van der Waals surface area contributed by atoms with Crippen molar-refractivity contribution < 1.29 is 19.1 Å². The summed E-state index contributed by atoms with van der Waals surface area (Å²) in [4.78, 5) is 24.2. The number of methoxy groups -OCH3 is 2. The van der Waals surface area contributed by atoms with Crippen molar-refractivity contribution in [3.63, 3.8) is 0 Å². The Kier molecular flexibility index (Phi) is 6.69. The fraction of sp³-hybridized carbons (Fsp3) is 0.391. The van der Waals surface area contributed by atoms with E-state index in [4.69, 9.17) is 9.47 Å². The standard InChI is InChI=1S/C23H27NO4/c1-27-21-10-7-16(13-22(21)28-2)11-12-24-23(26)20(15-25)19-9-8-17-5-3-4-6-18(17)14-19/h7-10,13-15,20H,3-6,11-12H2,1-2H3,(H,24,26). The lowest BCUT2D eigenvalue weighted by molar-refractivity contribution is -0.125. The van der Waals surface area contributed by atoms with Crippen LogP contribution in [0.5, 0.6) is 11.5 Å². The van der Waals surface area contributed by atoms with Crippen molar-refractivity contribution in [2.24, 2.45) is 0 Å². The molecule has 1 N–H and O–H groups in total. The van der Waals surface area contributed by atoms with E-state index < -0.39 is 5.92 Å². The van der Waals surface area contributed by atoms with Gasteiger partial charge in [0, 0.05) is 6.54 Å². The van der Waals surface area contributed by atoms with Crippen LogP contribution in [0.3, 0.4) is 0 Å². The van der Waals surface area contributed by atoms with Crippen molar-refractivity contribution >= 4 is 12.2 Å². The number of rotatable bonds is 8. The molecule has 0 aromatic heterocycles. The summed E-state index contributed by atoms with van der Waals surface area (Å²) < 4.78 is 10.5. The number of nitrogens with one attached hydrogen (secondary N) is 1. The number of amides is 1. The van der Waals surface area contributed by atoms with Gasteiger partial charge in [-0.3, -0.25) is 4.79 Å². The van der Waals surface area contributed by atoms with Gasteiger partial charge in [0.2, 0.25) is 5.91 Å². The van der Waals surface area contributed by atoms with E-state index in [1.807, 2.05) is 30.3 Å². The fourth-order valence-electron chi connectivity index (χ4n) is 3.71. The first-order chi connectivity index (χ1) is 13.7. The molecule has 0 bridgehead atoms. The molecule has 148 valence electrons. The predicted octanol–water partition coefficient (Wildman–Crippen LogP) is 3.22. The highest BCUT2D eigenvalue weighted by molar-refractivity contribution is 5.97. The zero-order valence-corrected chi connectivity index (χ0v) is 16.5. The van der Waals surface area contributed by atoms with Crippen molar-refractivity contribution in [3.05, 3.63) is 58.7 Å². The van der Waals surface area contributed by atoms with Crippen LogP contribution in [-0.4, -0.2) is 33.0 Å². The quantitative estimate of drug-likeness (QED) is 0.563. The largest absolute Gasteiger partial charge is 0.493 e. The van der Waals surface area contributed by atoms with Crippen LogP contribution in [0.2, 0.25) is 0 Å². The highest BCUT2D eigenvalue weighted by atomic mass is 16.5. The number of aldehydes is 1. The van der Waals surface area contributed by atoms with Gasteiger partial charge < -0.3 is 19.6 Å². The summed E-state index contributed by atoms with van der Waals surface area (Å²) in [6, 6.07) is 11.7. The predicted molar refractivity (Wildman–Crippen MR) is 108 cm³/mol. The van der Waals surface area contributed by atoms with Gasteiger partial charge in [0.1, 0.15) is 12.2 Å². The minimum atomic E-state index is -0.766. The maximum atomic E-state index is 12.6. The van der Waals surface area contributed by atoms with E-state index in [0.29, 0.717) is 24.5 Å². The number of aryl methyl sites for hydroxylation is 2. The Balaban J connectivity index is 1.61. The van der Waals surface area contributed by atoms with E-state index in [1.165, 1.54) is 24.0 Å². The molecule has 1 atom stereocenters. The van der Waals surface area contributed by atoms with Crippen molar-refractivity contribution in [2.75, 3.05) is 20.8 Å². The van der Waals surface area contributed by atoms with Gasteiger partial charge in [-0.25, -0.2) is 0 Å². The maximum absolute atomic E-state index is 12.6. The van der Waals surface area contributed by atoms with E-state index in [1.54, 1.807) is 14.2 Å². The molecular formula is C23H27NO4. The van der Waals surface area contributed by atoms with Crippen LogP contribution in [0.4, 0.5) is 0 Å². The van der Waals surface area contributed by atoms with Gasteiger partial charge in [0.15, 0.2) is 11.5 Å². The lowest BCUT2D eigenvalue weighted by Crippen LogP contribution is -2.32. The summed E-state index contributed by atoms with van der Waals surface area (Å²) in [6.07, 6.45) is 5.85. The van der Waals surface area contributed by atoms with Gasteiger partial charge in [0.25, 0.3) is 0 Å². The molecule has 3 rings (SSSR count). The first kappa shape index (κ1) is 19.9. The van der Waals surface area contributed by atoms with Crippen LogP contribution in [0.25, 0.3) is 0 Å². The monoisotopic (exact) mass is 381 g/mol. The van der Waals surface area contributed by atoms with Crippen molar-refractivity contribution in [2.45, 2.75) is 38.0 Å². The summed E-state index contributed by atoms with van der Waals surface area (Å²) in [7, 11) is 3.19. The summed E-state index contributed by atoms with van der Waals surface area (Å²) in [5, 5.41) is 2.88. The maximum Gasteiger partial charge on any atom is 0.234 e. The number of hydrogen-bond donors (Lipinski definition) is 1. The second kappa shape index (κ2) is 9.40. The summed E-state index contributed by atoms with van der Waals surface area (Å²) in [5.74, 6) is 0.304. The summed E-state index contributed by atoms with van der Waals surface area (Å²) in [6.45, 7) is 0.448. The normalized spacial score (nSPS) is 13.9. The summed E-state index contributed by atoms with van der Waals surface area (Å²) >= 11 is 0. The molecule has 0 saturated carbocycles. The van der Waals surface area contributed by atoms with Crippen LogP contribution in [-0.2, 0) is 28.9 Å². The Bertz CT molecular complexity index is 846. The highest BCUT2D eigenvalue weighted by Gasteiger charge is 2.21. The average Bonchev–Trinajstić information content (AvgIpc) is 2.74. The van der Waals surface area contributed by atoms with Gasteiger partial charge in [0.05, 0.1) is 14.2 Å². The zero-order chi connectivity index (χ0) is 19.9. The Morgan fingerprint density at radius 1 is 1.04 bits per heavy atom. The van der Waals surface area contributed by atoms with E-state index in [-0.39, 0.29) is 5.91 Å². The first-order valence-corrected chi connectivity index (χ1v) is 9.72. The average molecular weight is 381 g/mol. The second-order valence-electron chi connectivity index (χ2n) is 7.08. The van der Waals surface area contributed by atoms with Gasteiger partial charge >= 0.3 is 0 Å². The van der Waals surface area contributed by atoms with Crippen molar-refractivity contribution in [1.82, 2.24) is 5.32 Å². The molecule has 2 aromatic rings. The molecule has 0 aliphatic heterocycles. The molecule has 0 fully saturated rings. The summed E-state index contributed by atoms with van der Waals surface area (Å²) in [5.41, 5.74) is 4.41. The topological polar surface area (TPSA) is 64.6 Å². The lowest BCUT2D eigenvalue weighted by Gasteiger charge is -2.18. The van der Waals surface area contributed by atoms with Gasteiger partial charge in [-0.2, -0.15) is 0 Å². The van der Waals surface area contributed by atoms with E-state index >= 15 is 0 Å². The number of hydrogen-bond acceptors (Lipinski definition) is 4. The van der Waals surface area contributed by atoms with Crippen LogP contribution < -0.4 is 14.8 Å². The molecule has 1 aliphatic carbocycles. The number of carbonyl (C=O) groups is 2. The molecule has 0 heterocycles. The third-order valence-electron chi connectivity index (χ3n) is 5.31. The number of ether oxygens (including phenoxy) is 2. The van der Waals surface area contributed by atoms with Gasteiger partial charge in [-0.05, 0) is 66.5 Å². The molecule has 0 saturated heterocycles. The highest BCUT2D eigenvalue weighted by Crippen LogP contribution is 2.28. The molecule has 28 heavy (non-hydrogen) atoms. The number of carbonyl (C=O) groups excluding carboxylic acids is 2. The molecule has 0 radical (unpaired) electrons. The minimum Gasteiger partial charge on any atom is -0.493 e. The zero-order valence-electron chi connectivity index (χ0n) is 16.5. The third-order valence-corrected chi connectivity index (χ3v) is 5.31. The van der Waals surface area contributed by atoms with Gasteiger partial charge in [-0.1, -0.05) is 24.3 Å². The smallest absolute Gasteiger partial charge is 0.234 e. The molecule has 1 amide bonds. The Labute approximate surface area is 166 Å². The van der Waals surface area contributed by atoms with Crippen LogP contribution in [0.15, 0.2) is 36.4 Å². The molecule has 5 heteroatoms. The van der Waals surface area contributed by atoms with E-state index in [9.17, 15) is 9.59 Å². The van der Waals surface area contributed by atoms with Crippen LogP contribution >= 0.6 is 0 Å². The molecule has 2 aromatic carbocycles. The SMILES string of the molecule is COc1ccc(CCNC(=O)C(C=O)c2ccc3c(c2)CCCC3)cc1OC. The molecule has 1 aliphatic rings. The molecule has 5 nitrogen and oxygen atoms in total. The lowest BCUT2D eigenvalue weighted by atomic mass is 9.87. The minimum absolute atomic E-state index is 0.258. The van der Waals surface area contributed by atoms with Crippen LogP contribution in [0.1, 0.15) is 41.0 Å². The molecule has 1 unspecified atom stereocenters. The van der Waals surface area contributed by atoms with Crippen molar-refractivity contribution in [1.29, 1.82) is 0 Å². The third kappa shape index (κ3) is 4.53. The molecular weight excluding hydrogens is 354 g/mol. The van der Waals surface area contributed by atoms with Gasteiger partial charge in [-0.15, -0.1) is 0 Å².